The molecule has 14 nitrogen and oxygen atoms in total. The number of benzene rings is 2. The van der Waals surface area contributed by atoms with Gasteiger partial charge in [-0.15, -0.1) is 5.10 Å². The van der Waals surface area contributed by atoms with E-state index in [1.807, 2.05) is 40.9 Å². The van der Waals surface area contributed by atoms with Gasteiger partial charge >= 0.3 is 0 Å². The number of aromatic nitrogens is 4. The molecule has 3 aliphatic heterocycles. The average Bonchev–Trinajstić information content (AvgIpc) is 3.88. The number of carbonyl (C=O) groups is 4. The summed E-state index contributed by atoms with van der Waals surface area (Å²) in [6, 6.07) is 20.9. The number of pyridine rings is 1. The number of imide groups is 1. The average molecular weight is 731 g/mol. The molecule has 3 aliphatic rings. The molecule has 0 aliphatic carbocycles. The molecule has 54 heavy (non-hydrogen) atoms. The number of anilines is 3. The Kier molecular flexibility index (Phi) is 9.46. The number of rotatable bonds is 14. The third kappa shape index (κ3) is 6.73. The van der Waals surface area contributed by atoms with E-state index >= 15 is 0 Å². The quantitative estimate of drug-likeness (QED) is 0.0867. The van der Waals surface area contributed by atoms with Gasteiger partial charge in [-0.05, 0) is 79.4 Å². The highest BCUT2D eigenvalue weighted by molar-refractivity contribution is 6.22. The summed E-state index contributed by atoms with van der Waals surface area (Å²) in [5, 5.41) is 11.8. The molecule has 0 radical (unpaired) electrons. The maximum absolute atomic E-state index is 14.0. The topological polar surface area (TPSA) is 171 Å². The van der Waals surface area contributed by atoms with Gasteiger partial charge in [0.15, 0.2) is 5.65 Å². The molecule has 6 heterocycles. The van der Waals surface area contributed by atoms with Crippen LogP contribution in [0.2, 0.25) is 0 Å². The van der Waals surface area contributed by atoms with Gasteiger partial charge in [0.05, 0.1) is 35.1 Å². The summed E-state index contributed by atoms with van der Waals surface area (Å²) in [5.41, 5.74) is 9.52. The van der Waals surface area contributed by atoms with Crippen molar-refractivity contribution in [1.82, 2.24) is 29.8 Å². The number of carbonyl (C=O) groups excluding carboxylic acids is 4. The van der Waals surface area contributed by atoms with Crippen molar-refractivity contribution >= 4 is 47.0 Å². The molecule has 0 bridgehead atoms. The first kappa shape index (κ1) is 34.8. The number of hydrogen-bond donors (Lipinski definition) is 3. The van der Waals surface area contributed by atoms with E-state index in [-0.39, 0.29) is 41.9 Å². The molecule has 3 aromatic heterocycles. The molecule has 1 unspecified atom stereocenters. The molecule has 15 heteroatoms. The number of amides is 3. The number of hydrogen-bond acceptors (Lipinski definition) is 11. The Morgan fingerprint density at radius 1 is 0.981 bits per heavy atom. The van der Waals surface area contributed by atoms with E-state index < -0.39 is 23.8 Å². The predicted molar refractivity (Wildman–Crippen MR) is 200 cm³/mol. The largest absolute Gasteiger partial charge is 0.384 e. The lowest BCUT2D eigenvalue weighted by Gasteiger charge is -2.40. The first-order valence-electron chi connectivity index (χ1n) is 18.1. The number of fused-ring (bicyclic) bond motifs is 2. The number of aldehydes is 1. The van der Waals surface area contributed by atoms with Crippen LogP contribution in [-0.4, -0.2) is 93.3 Å². The number of imidazole rings is 1. The van der Waals surface area contributed by atoms with Gasteiger partial charge in [0.25, 0.3) is 11.8 Å². The van der Waals surface area contributed by atoms with E-state index in [0.717, 1.165) is 71.6 Å². The zero-order valence-corrected chi connectivity index (χ0v) is 29.4. The van der Waals surface area contributed by atoms with Crippen molar-refractivity contribution in [2.75, 3.05) is 47.8 Å². The lowest BCUT2D eigenvalue weighted by atomic mass is 10.0. The van der Waals surface area contributed by atoms with Gasteiger partial charge in [0, 0.05) is 50.9 Å². The monoisotopic (exact) mass is 730 g/mol. The van der Waals surface area contributed by atoms with Crippen LogP contribution in [-0.2, 0) is 9.59 Å². The van der Waals surface area contributed by atoms with Crippen molar-refractivity contribution in [3.8, 4) is 11.4 Å². The van der Waals surface area contributed by atoms with Crippen molar-refractivity contribution in [3.05, 3.63) is 102 Å². The lowest BCUT2D eigenvalue weighted by Crippen LogP contribution is -2.59. The van der Waals surface area contributed by atoms with Crippen LogP contribution in [0.15, 0.2) is 79.0 Å². The number of halogens is 1. The van der Waals surface area contributed by atoms with Crippen LogP contribution in [0.4, 0.5) is 21.7 Å². The number of nitrogens with one attached hydrogen (secondary N) is 2. The van der Waals surface area contributed by atoms with Crippen LogP contribution in [0, 0.1) is 5.82 Å². The summed E-state index contributed by atoms with van der Waals surface area (Å²) in [6.07, 6.45) is 4.09. The molecule has 0 saturated carbocycles. The van der Waals surface area contributed by atoms with E-state index in [2.05, 4.69) is 25.4 Å². The first-order chi connectivity index (χ1) is 26.3. The Morgan fingerprint density at radius 2 is 1.81 bits per heavy atom. The second-order valence-corrected chi connectivity index (χ2v) is 13.8. The zero-order valence-electron chi connectivity index (χ0n) is 29.4. The second-order valence-electron chi connectivity index (χ2n) is 13.8. The number of primary amides is 1. The van der Waals surface area contributed by atoms with Gasteiger partial charge in [0.2, 0.25) is 5.91 Å². The van der Waals surface area contributed by atoms with Crippen molar-refractivity contribution in [3.63, 3.8) is 0 Å². The molecule has 5 aromatic rings. The molecule has 4 N–H and O–H groups in total. The van der Waals surface area contributed by atoms with Gasteiger partial charge in [-0.2, -0.15) is 0 Å². The summed E-state index contributed by atoms with van der Waals surface area (Å²) in [6.45, 7) is 3.63. The normalized spacial score (nSPS) is 17.6. The van der Waals surface area contributed by atoms with Gasteiger partial charge in [-0.25, -0.2) is 18.9 Å². The highest BCUT2D eigenvalue weighted by atomic mass is 19.1. The van der Waals surface area contributed by atoms with Gasteiger partial charge in [0.1, 0.15) is 29.4 Å². The minimum atomic E-state index is -1.05. The van der Waals surface area contributed by atoms with Crippen molar-refractivity contribution in [1.29, 1.82) is 0 Å². The van der Waals surface area contributed by atoms with Crippen LogP contribution in [0.3, 0.4) is 0 Å². The van der Waals surface area contributed by atoms with Crippen molar-refractivity contribution in [2.45, 2.75) is 43.8 Å². The molecule has 8 rings (SSSR count). The Morgan fingerprint density at radius 3 is 2.63 bits per heavy atom. The molecule has 2 fully saturated rings. The Balaban J connectivity index is 0.856. The smallest absolute Gasteiger partial charge is 0.262 e. The van der Waals surface area contributed by atoms with E-state index in [0.29, 0.717) is 25.1 Å². The highest BCUT2D eigenvalue weighted by Crippen LogP contribution is 2.36. The van der Waals surface area contributed by atoms with Gasteiger partial charge < -0.3 is 31.0 Å². The molecule has 2 aromatic carbocycles. The summed E-state index contributed by atoms with van der Waals surface area (Å²) in [4.78, 5) is 63.7. The van der Waals surface area contributed by atoms with E-state index in [9.17, 15) is 23.6 Å². The van der Waals surface area contributed by atoms with Gasteiger partial charge in [-0.3, -0.25) is 19.3 Å². The van der Waals surface area contributed by atoms with Crippen LogP contribution >= 0.6 is 0 Å². The molecular formula is C39H39FN10O4. The fraction of sp³-hybridized carbons (Fsp3) is 0.308. The molecule has 2 saturated heterocycles. The van der Waals surface area contributed by atoms with Crippen molar-refractivity contribution < 1.29 is 23.6 Å². The standard InChI is InChI=1S/C39H39FN10O4/c40-25-5-1-4-24(18-25)32-7-3-17-48(32)37-14-13-35-44-20-33(50(35)46-37)31-6-2-8-36(45-31)47-21-27(22-47)43-16-15-42-26-9-11-29-30(19-26)39(54)49(38(29)53)28(23-51)10-12-34(41)52/h1-2,4-6,8-9,11,13-14,18-20,23,27-28,32,42-43H,3,7,10,12,15-17,21-22H2,(H2,41,52)/t28?,32-/m1/s1. The molecule has 3 amide bonds. The van der Waals surface area contributed by atoms with E-state index in [4.69, 9.17) is 15.8 Å². The maximum Gasteiger partial charge on any atom is 0.262 e. The molecular weight excluding hydrogens is 691 g/mol. The van der Waals surface area contributed by atoms with Crippen molar-refractivity contribution in [2.24, 2.45) is 5.73 Å². The Labute approximate surface area is 310 Å². The van der Waals surface area contributed by atoms with Crippen LogP contribution in [0.5, 0.6) is 0 Å². The lowest BCUT2D eigenvalue weighted by molar-refractivity contribution is -0.118. The van der Waals surface area contributed by atoms with Crippen LogP contribution in [0.25, 0.3) is 17.0 Å². The summed E-state index contributed by atoms with van der Waals surface area (Å²) in [5.74, 6) is -0.298. The third-order valence-corrected chi connectivity index (χ3v) is 10.3. The SMILES string of the molecule is NC(=O)CCC(C=O)N1C(=O)c2ccc(NCCNC3CN(c4cccc(-c5cnc6ccc(N7CCC[C@@H]7c7cccc(F)c7)nn56)n4)C3)cc2C1=O. The highest BCUT2D eigenvalue weighted by Gasteiger charge is 2.40. The number of nitrogens with two attached hydrogens (primary N) is 1. The van der Waals surface area contributed by atoms with Gasteiger partial charge in [-0.1, -0.05) is 18.2 Å². The third-order valence-electron chi connectivity index (χ3n) is 10.3. The fourth-order valence-electron chi connectivity index (χ4n) is 7.53. The molecule has 0 spiro atoms. The maximum atomic E-state index is 14.0. The first-order valence-corrected chi connectivity index (χ1v) is 18.1. The summed E-state index contributed by atoms with van der Waals surface area (Å²) < 4.78 is 15.9. The van der Waals surface area contributed by atoms with Crippen LogP contribution in [0.1, 0.15) is 58.0 Å². The number of nitrogens with zero attached hydrogens (tertiary/aromatic N) is 7. The van der Waals surface area contributed by atoms with Crippen LogP contribution < -0.4 is 26.2 Å². The molecule has 2 atom stereocenters. The minimum absolute atomic E-state index is 0.0119. The Hall–Kier alpha value is -6.22. The van der Waals surface area contributed by atoms with E-state index in [1.165, 1.54) is 6.07 Å². The molecule has 276 valence electrons. The van der Waals surface area contributed by atoms with E-state index in [1.54, 1.807) is 36.5 Å². The fourth-order valence-corrected chi connectivity index (χ4v) is 7.53. The second kappa shape index (κ2) is 14.7. The predicted octanol–water partition coefficient (Wildman–Crippen LogP) is 3.59. The Bertz CT molecular complexity index is 2260. The summed E-state index contributed by atoms with van der Waals surface area (Å²) in [7, 11) is 0. The zero-order chi connectivity index (χ0) is 37.3. The minimum Gasteiger partial charge on any atom is -0.384 e. The summed E-state index contributed by atoms with van der Waals surface area (Å²) >= 11 is 0.